The molecule has 13 heterocycles. The minimum Gasteiger partial charge on any atom is -0.857 e. The summed E-state index contributed by atoms with van der Waals surface area (Å²) in [6.07, 6.45) is 18.9. The van der Waals surface area contributed by atoms with E-state index in [-0.39, 0.29) is 76.9 Å². The molecule has 31 nitrogen and oxygen atoms in total. The number of methoxy groups -OCH3 is 1. The number of piperidine rings is 1. The van der Waals surface area contributed by atoms with Gasteiger partial charge in [-0.25, -0.2) is 34.9 Å². The monoisotopic (exact) mass is 2060 g/mol. The molecule has 38 heteroatoms. The van der Waals surface area contributed by atoms with Crippen LogP contribution in [0.15, 0.2) is 361 Å². The number of nitrogens with one attached hydrogen (secondary N) is 6. The number of rotatable bonds is 13. The summed E-state index contributed by atoms with van der Waals surface area (Å²) in [5.41, 5.74) is 25.7. The Morgan fingerprint density at radius 2 is 0.875 bits per heavy atom. The van der Waals surface area contributed by atoms with Crippen molar-refractivity contribution in [1.82, 2.24) is 89.9 Å². The van der Waals surface area contributed by atoms with Gasteiger partial charge >= 0.3 is 40.7 Å². The van der Waals surface area contributed by atoms with Gasteiger partial charge in [-0.05, 0) is 94.2 Å². The first kappa shape index (κ1) is 113. The van der Waals surface area contributed by atoms with Crippen molar-refractivity contribution in [2.45, 2.75) is 52.4 Å². The maximum absolute atomic E-state index is 12.5. The number of aromatic amines is 3. The Bertz CT molecular complexity index is 7250. The number of nitrogen functional groups attached to an aromatic ring is 2. The molecule has 732 valence electrons. The van der Waals surface area contributed by atoms with Gasteiger partial charge in [-0.2, -0.15) is 7.11 Å². The molecule has 3 aliphatic heterocycles. The summed E-state index contributed by atoms with van der Waals surface area (Å²) >= 11 is 20.0. The number of H-pyrrole nitrogens is 3. The number of ether oxygens (including phenoxy) is 1. The van der Waals surface area contributed by atoms with Crippen molar-refractivity contribution in [3.05, 3.63) is 423 Å². The second kappa shape index (κ2) is 60.3. The zero-order valence-corrected chi connectivity index (χ0v) is 85.7. The summed E-state index contributed by atoms with van der Waals surface area (Å²) in [6, 6.07) is 91.2. The van der Waals surface area contributed by atoms with Crippen molar-refractivity contribution in [2.24, 2.45) is 11.7 Å². The van der Waals surface area contributed by atoms with Crippen molar-refractivity contribution in [3.63, 3.8) is 0 Å². The normalized spacial score (nSPS) is 12.4. The van der Waals surface area contributed by atoms with Crippen molar-refractivity contribution < 1.29 is 58.7 Å². The molecule has 0 spiro atoms. The zero-order valence-electron chi connectivity index (χ0n) is 79.0. The van der Waals surface area contributed by atoms with Crippen molar-refractivity contribution in [2.75, 3.05) is 58.1 Å². The third-order valence-electron chi connectivity index (χ3n) is 21.0. The number of carbonyl (C=O) groups excluding carboxylic acids is 2. The van der Waals surface area contributed by atoms with Crippen LogP contribution in [-0.4, -0.2) is 154 Å². The van der Waals surface area contributed by atoms with Crippen LogP contribution in [0.1, 0.15) is 52.5 Å². The maximum atomic E-state index is 12.5. The number of aliphatic hydroxyl groups is 1. The molecule has 11 N–H and O–H groups in total. The second-order valence-electron chi connectivity index (χ2n) is 30.9. The van der Waals surface area contributed by atoms with E-state index in [1.165, 1.54) is 24.4 Å². The average molecular weight is 2060 g/mol. The van der Waals surface area contributed by atoms with Gasteiger partial charge in [0.1, 0.15) is 46.0 Å². The first-order chi connectivity index (χ1) is 69.0. The molecule has 18 aromatic rings. The number of amidine groups is 1. The third-order valence-corrected chi connectivity index (χ3v) is 21.3. The fourth-order valence-electron chi connectivity index (χ4n) is 14.2. The molecule has 8 aromatic carbocycles. The van der Waals surface area contributed by atoms with E-state index >= 15 is 0 Å². The number of hydrogen-bond acceptors (Lipinski definition) is 27. The zero-order chi connectivity index (χ0) is 101. The van der Waals surface area contributed by atoms with E-state index in [1.54, 1.807) is 80.9 Å². The minimum atomic E-state index is -3.22. The van der Waals surface area contributed by atoms with Gasteiger partial charge in [0.15, 0.2) is 11.6 Å². The topological polar surface area (TPSA) is 463 Å². The number of esters is 1. The number of carbonyl (C=O) groups is 2. The van der Waals surface area contributed by atoms with Crippen LogP contribution in [0.5, 0.6) is 0 Å². The Morgan fingerprint density at radius 3 is 1.33 bits per heavy atom. The number of hydrogen-bond donors (Lipinski definition) is 9. The predicted octanol–water partition coefficient (Wildman–Crippen LogP) is 15.3. The van der Waals surface area contributed by atoms with Gasteiger partial charge in [-0.15, -0.1) is 12.4 Å². The Balaban J connectivity index is 0.000000184. The third kappa shape index (κ3) is 36.3. The van der Waals surface area contributed by atoms with Gasteiger partial charge in [0.25, 0.3) is 16.7 Å². The molecular weight excluding hydrogens is 1960 g/mol. The number of likely N-dealkylation sites (tertiary alicyclic amines) is 1. The van der Waals surface area contributed by atoms with Gasteiger partial charge in [0.05, 0.1) is 62.3 Å². The average Bonchev–Trinajstić information content (AvgIpc) is 0.782. The number of halogens is 5. The van der Waals surface area contributed by atoms with Crippen LogP contribution in [0.3, 0.4) is 0 Å². The number of Topliss-reactive ketones (excluding diaryl/α,β-unsaturated/α-hetero) is 1. The summed E-state index contributed by atoms with van der Waals surface area (Å²) in [5, 5.41) is 28.7. The standard InChI is InChI=1S/C20H19N3O.C18H13N5.C14H17NO3.C13H8ClN3.C13H13N3O.C13H9N3O.C7H8N2.C5H6N2.C2H6O.CH3O.Cl3OP.ClH.Na/c24-20-17-14-23(13-15-7-3-1-4-8-15)12-11-18(17)21-19(22-20)16-9-5-2-6-10-16;1-2-4-13(5-3-1)17-22-16-8-11-20-12-15(16)18(23-17)21-14-6-9-19-10-7-14;1-18-14(17)12-10-15(8-7-13(12)16)9-11-5-3-2-4-6-11;14-12-10-8-15-7-6-11(10)16-13(17-12)9-4-2-1-3-5-9;2*17-13-10-8-14-7-6-11(10)15-12(16-13)9-4-2-1-3-5-9;8-7(9)6-4-2-1-3-5-6;6-5-1-3-7-4-2-5;1-2-3;1-2;1-5(2,3)4;;/h1-10H,11-14H2,(H,21,22,24);1-12H,(H,19,21,22,23);2-6,12H,7-10H2,1H3;1-8H;1-5,14H,6-8H2,(H,15,16,17);1-8H,(H,15,16,17);1-5H,(H3,8,9);1-4H,(H2,6,7);3H,2H2,1H3;1H3;;1H;/q;;;;;;;;;-1;;;+1. The van der Waals surface area contributed by atoms with Gasteiger partial charge in [-0.1, -0.05) is 254 Å². The van der Waals surface area contributed by atoms with Crippen LogP contribution < -0.4 is 73.4 Å². The van der Waals surface area contributed by atoms with Gasteiger partial charge in [-0.3, -0.25) is 68.7 Å². The van der Waals surface area contributed by atoms with Crippen molar-refractivity contribution >= 4 is 130 Å². The van der Waals surface area contributed by atoms with Crippen molar-refractivity contribution in [1.29, 1.82) is 5.41 Å². The quantitative estimate of drug-likeness (QED) is 0.00984. The fourth-order valence-corrected chi connectivity index (χ4v) is 14.4. The maximum Gasteiger partial charge on any atom is 1.00 e. The molecule has 0 bridgehead atoms. The van der Waals surface area contributed by atoms with Gasteiger partial charge in [0, 0.05) is 185 Å². The number of benzene rings is 8. The van der Waals surface area contributed by atoms with Crippen LogP contribution in [-0.2, 0) is 57.9 Å². The number of aromatic nitrogens is 15. The summed E-state index contributed by atoms with van der Waals surface area (Å²) in [4.78, 5) is 124. The molecule has 10 aromatic heterocycles. The van der Waals surface area contributed by atoms with E-state index in [0.29, 0.717) is 77.8 Å². The Hall–Kier alpha value is -14.2. The summed E-state index contributed by atoms with van der Waals surface area (Å²) in [7, 11) is 2.08. The molecule has 3 aliphatic rings. The number of pyridine rings is 5. The minimum absolute atomic E-state index is 0. The van der Waals surface area contributed by atoms with Crippen LogP contribution in [0.2, 0.25) is 5.15 Å². The van der Waals surface area contributed by atoms with E-state index in [0.717, 1.165) is 141 Å². The van der Waals surface area contributed by atoms with Crippen LogP contribution in [0.25, 0.3) is 89.6 Å². The number of nitrogens with zero attached hydrogens (tertiary/aromatic N) is 14. The smallest absolute Gasteiger partial charge is 0.857 e. The van der Waals surface area contributed by atoms with Gasteiger partial charge in [0.2, 0.25) is 0 Å². The van der Waals surface area contributed by atoms with E-state index < -0.39 is 17.1 Å². The Labute approximate surface area is 878 Å². The number of ketones is 1. The molecule has 21 rings (SSSR count). The van der Waals surface area contributed by atoms with E-state index in [9.17, 15) is 28.5 Å². The van der Waals surface area contributed by atoms with Crippen LogP contribution in [0.4, 0.5) is 17.2 Å². The molecular formula is C106H103Cl5N22NaO9P. The molecule has 0 saturated carbocycles. The second-order valence-corrected chi connectivity index (χ2v) is 37.9. The Kier molecular flexibility index (Phi) is 47.5. The summed E-state index contributed by atoms with van der Waals surface area (Å²) < 4.78 is 14.2. The fraction of sp³-hybridized carbons (Fsp3) is 0.151. The van der Waals surface area contributed by atoms with Crippen LogP contribution in [0, 0.1) is 11.3 Å². The van der Waals surface area contributed by atoms with Gasteiger partial charge < -0.3 is 52.0 Å². The van der Waals surface area contributed by atoms with E-state index in [1.807, 2.05) is 255 Å². The van der Waals surface area contributed by atoms with Crippen LogP contribution >= 0.6 is 62.9 Å². The first-order valence-corrected chi connectivity index (χ1v) is 49.4. The van der Waals surface area contributed by atoms with E-state index in [2.05, 4.69) is 141 Å². The molecule has 1 fully saturated rings. The molecule has 0 aliphatic carbocycles. The molecule has 144 heavy (non-hydrogen) atoms. The number of fused-ring (bicyclic) bond motifs is 5. The number of aliphatic hydroxyl groups excluding tert-OH is 1. The first-order valence-electron chi connectivity index (χ1n) is 44.6. The Morgan fingerprint density at radius 1 is 0.493 bits per heavy atom. The SMILES string of the molecule is CCO.COC(=O)C1CN(Cc2ccccc2)CCC1=O.C[O-].Cl.Clc1nc(-c2ccccc2)nc2ccncc12.N=C(N)c1ccccc1.Nc1ccncc1.O=P(Cl)(Cl)Cl.O=c1[nH]c(-c2ccccc2)nc2c1CN(Cc1ccccc1)CC2.O=c1[nH]c(-c2ccccc2)nc2c1CNCC2.O=c1[nH]c(-c2ccccc2)nc2ccncc12.[Na+].c1ccc(-c2nc(Nc3ccncc3)c3cnccc3n2)cc1. The van der Waals surface area contributed by atoms with Crippen molar-refractivity contribution in [3.8, 4) is 56.9 Å². The summed E-state index contributed by atoms with van der Waals surface area (Å²) in [5.74, 6) is 3.02. The molecule has 0 radical (unpaired) electrons. The summed E-state index contributed by atoms with van der Waals surface area (Å²) in [6.45, 7) is 7.81. The molecule has 1 atom stereocenters. The largest absolute Gasteiger partial charge is 1.00 e. The molecule has 1 unspecified atom stereocenters. The molecule has 1 saturated heterocycles. The predicted molar refractivity (Wildman–Crippen MR) is 568 cm³/mol. The number of nitrogens with two attached hydrogens (primary N) is 2. The number of anilines is 3. The van der Waals surface area contributed by atoms with E-state index in [4.69, 9.17) is 43.7 Å². The molecule has 0 amide bonds.